The highest BCUT2D eigenvalue weighted by Gasteiger charge is 2.38. The van der Waals surface area contributed by atoms with Gasteiger partial charge >= 0.3 is 0 Å². The molecule has 2 unspecified atom stereocenters. The minimum absolute atomic E-state index is 0.0222. The first-order chi connectivity index (χ1) is 16.1. The molecule has 0 fully saturated rings. The molecule has 1 heterocycles. The van der Waals surface area contributed by atoms with Gasteiger partial charge in [0.05, 0.1) is 6.61 Å². The molecule has 4 nitrogen and oxygen atoms in total. The van der Waals surface area contributed by atoms with Crippen molar-refractivity contribution < 1.29 is 14.3 Å². The van der Waals surface area contributed by atoms with Crippen molar-refractivity contribution in [3.05, 3.63) is 101 Å². The molecule has 2 atom stereocenters. The Balaban J connectivity index is 1.42. The van der Waals surface area contributed by atoms with Crippen molar-refractivity contribution >= 4 is 11.7 Å². The van der Waals surface area contributed by atoms with E-state index in [1.54, 1.807) is 0 Å². The molecule has 0 aromatic heterocycles. The molecule has 166 valence electrons. The molecule has 0 saturated heterocycles. The number of rotatable bonds is 5. The molecule has 33 heavy (non-hydrogen) atoms. The van der Waals surface area contributed by atoms with Crippen LogP contribution in [0.1, 0.15) is 49.1 Å². The Bertz CT molecular complexity index is 1190. The van der Waals surface area contributed by atoms with Crippen LogP contribution in [0.3, 0.4) is 0 Å². The molecule has 1 aliphatic carbocycles. The minimum Gasteiger partial charge on any atom is -0.494 e. The monoisotopic (exact) mass is 437 g/mol. The maximum Gasteiger partial charge on any atom is 0.225 e. The summed E-state index contributed by atoms with van der Waals surface area (Å²) in [6.45, 7) is 2.58. The van der Waals surface area contributed by atoms with Gasteiger partial charge in [0, 0.05) is 30.0 Å². The van der Waals surface area contributed by atoms with Gasteiger partial charge in [-0.3, -0.25) is 9.59 Å². The predicted octanol–water partition coefficient (Wildman–Crippen LogP) is 5.76. The number of benzene rings is 3. The number of hydrogen-bond donors (Lipinski definition) is 1. The van der Waals surface area contributed by atoms with E-state index in [-0.39, 0.29) is 23.5 Å². The van der Waals surface area contributed by atoms with Gasteiger partial charge in [0.2, 0.25) is 5.91 Å². The number of carbonyl (C=O) groups is 2. The topological polar surface area (TPSA) is 55.4 Å². The van der Waals surface area contributed by atoms with Gasteiger partial charge in [0.1, 0.15) is 5.75 Å². The molecule has 0 spiro atoms. The number of Topliss-reactive ketones (excluding diaryl/α,β-unsaturated/α-hetero) is 1. The SMILES string of the molecule is CCOc1ccc(C2CC(=O)C3=C(C2)NC(=O)CC3c2ccc(-c3ccccc3)cc2)cc1. The lowest BCUT2D eigenvalue weighted by Crippen LogP contribution is -2.38. The second-order valence-electron chi connectivity index (χ2n) is 8.72. The standard InChI is InChI=1S/C29H27NO3/c1-2-33-24-14-12-21(13-15-24)23-16-26-29(27(31)17-23)25(18-28(32)30-26)22-10-8-20(9-11-22)19-6-4-3-5-7-19/h3-15,23,25H,2,16-18H2,1H3,(H,30,32). The van der Waals surface area contributed by atoms with Crippen molar-refractivity contribution in [2.75, 3.05) is 6.61 Å². The quantitative estimate of drug-likeness (QED) is 0.552. The summed E-state index contributed by atoms with van der Waals surface area (Å²) in [5.41, 5.74) is 5.96. The zero-order chi connectivity index (χ0) is 22.8. The van der Waals surface area contributed by atoms with Crippen molar-refractivity contribution in [1.82, 2.24) is 5.32 Å². The molecular formula is C29H27NO3. The average Bonchev–Trinajstić information content (AvgIpc) is 2.84. The fourth-order valence-electron chi connectivity index (χ4n) is 5.02. The number of amides is 1. The van der Waals surface area contributed by atoms with E-state index in [2.05, 4.69) is 41.7 Å². The molecule has 5 rings (SSSR count). The van der Waals surface area contributed by atoms with Crippen LogP contribution in [0.25, 0.3) is 11.1 Å². The van der Waals surface area contributed by atoms with E-state index >= 15 is 0 Å². The lowest BCUT2D eigenvalue weighted by Gasteiger charge is -2.34. The summed E-state index contributed by atoms with van der Waals surface area (Å²) < 4.78 is 5.54. The first kappa shape index (κ1) is 21.2. The van der Waals surface area contributed by atoms with Crippen LogP contribution in [-0.2, 0) is 9.59 Å². The normalized spacial score (nSPS) is 20.3. The van der Waals surface area contributed by atoms with Crippen LogP contribution in [-0.4, -0.2) is 18.3 Å². The van der Waals surface area contributed by atoms with Gasteiger partial charge in [-0.25, -0.2) is 0 Å². The van der Waals surface area contributed by atoms with Crippen LogP contribution in [0.5, 0.6) is 5.75 Å². The molecule has 1 N–H and O–H groups in total. The number of allylic oxidation sites excluding steroid dienone is 2. The number of hydrogen-bond acceptors (Lipinski definition) is 3. The van der Waals surface area contributed by atoms with E-state index in [1.165, 1.54) is 0 Å². The van der Waals surface area contributed by atoms with Crippen LogP contribution in [0.15, 0.2) is 90.1 Å². The Hall–Kier alpha value is -3.66. The third-order valence-corrected chi connectivity index (χ3v) is 6.62. The maximum absolute atomic E-state index is 13.3. The number of ether oxygens (including phenoxy) is 1. The van der Waals surface area contributed by atoms with E-state index in [1.807, 2.05) is 49.4 Å². The van der Waals surface area contributed by atoms with E-state index in [0.717, 1.165) is 39.3 Å². The van der Waals surface area contributed by atoms with E-state index < -0.39 is 0 Å². The minimum atomic E-state index is -0.188. The summed E-state index contributed by atoms with van der Waals surface area (Å²) in [6.07, 6.45) is 1.43. The molecule has 0 saturated carbocycles. The third kappa shape index (κ3) is 4.34. The summed E-state index contributed by atoms with van der Waals surface area (Å²) in [7, 11) is 0. The molecule has 3 aromatic rings. The summed E-state index contributed by atoms with van der Waals surface area (Å²) in [4.78, 5) is 25.9. The first-order valence-electron chi connectivity index (χ1n) is 11.6. The van der Waals surface area contributed by atoms with Gasteiger partial charge in [0.15, 0.2) is 5.78 Å². The van der Waals surface area contributed by atoms with Gasteiger partial charge in [-0.2, -0.15) is 0 Å². The Kier molecular flexibility index (Phi) is 5.82. The van der Waals surface area contributed by atoms with E-state index in [9.17, 15) is 9.59 Å². The van der Waals surface area contributed by atoms with Gasteiger partial charge in [-0.15, -0.1) is 0 Å². The molecule has 2 aliphatic rings. The van der Waals surface area contributed by atoms with E-state index in [0.29, 0.717) is 25.9 Å². The van der Waals surface area contributed by atoms with Crippen molar-refractivity contribution in [1.29, 1.82) is 0 Å². The molecule has 4 heteroatoms. The summed E-state index contributed by atoms with van der Waals surface area (Å²) in [6, 6.07) is 26.4. The lowest BCUT2D eigenvalue weighted by molar-refractivity contribution is -0.122. The maximum atomic E-state index is 13.3. The fraction of sp³-hybridized carbons (Fsp3) is 0.241. The van der Waals surface area contributed by atoms with Crippen LogP contribution >= 0.6 is 0 Å². The molecule has 3 aromatic carbocycles. The lowest BCUT2D eigenvalue weighted by atomic mass is 9.73. The highest BCUT2D eigenvalue weighted by atomic mass is 16.5. The van der Waals surface area contributed by atoms with Crippen molar-refractivity contribution in [3.8, 4) is 16.9 Å². The fourth-order valence-corrected chi connectivity index (χ4v) is 5.02. The second-order valence-corrected chi connectivity index (χ2v) is 8.72. The molecule has 1 amide bonds. The van der Waals surface area contributed by atoms with Crippen LogP contribution in [0, 0.1) is 0 Å². The van der Waals surface area contributed by atoms with Crippen molar-refractivity contribution in [2.24, 2.45) is 0 Å². The zero-order valence-corrected chi connectivity index (χ0v) is 18.7. The summed E-state index contributed by atoms with van der Waals surface area (Å²) >= 11 is 0. The second kappa shape index (κ2) is 9.07. The Morgan fingerprint density at radius 2 is 1.45 bits per heavy atom. The largest absolute Gasteiger partial charge is 0.494 e. The van der Waals surface area contributed by atoms with Crippen LogP contribution in [0.2, 0.25) is 0 Å². The van der Waals surface area contributed by atoms with Gasteiger partial charge in [-0.1, -0.05) is 66.7 Å². The number of ketones is 1. The van der Waals surface area contributed by atoms with Crippen LogP contribution < -0.4 is 10.1 Å². The Labute approximate surface area is 194 Å². The average molecular weight is 438 g/mol. The number of carbonyl (C=O) groups excluding carboxylic acids is 2. The van der Waals surface area contributed by atoms with Gasteiger partial charge in [0.25, 0.3) is 0 Å². The molecule has 0 radical (unpaired) electrons. The molecule has 1 aliphatic heterocycles. The van der Waals surface area contributed by atoms with Crippen LogP contribution in [0.4, 0.5) is 0 Å². The smallest absolute Gasteiger partial charge is 0.225 e. The van der Waals surface area contributed by atoms with Crippen molar-refractivity contribution in [3.63, 3.8) is 0 Å². The first-order valence-corrected chi connectivity index (χ1v) is 11.6. The van der Waals surface area contributed by atoms with E-state index in [4.69, 9.17) is 4.74 Å². The predicted molar refractivity (Wildman–Crippen MR) is 129 cm³/mol. The number of nitrogens with one attached hydrogen (secondary N) is 1. The van der Waals surface area contributed by atoms with Gasteiger partial charge in [-0.05, 0) is 53.6 Å². The molecular weight excluding hydrogens is 410 g/mol. The van der Waals surface area contributed by atoms with Crippen molar-refractivity contribution in [2.45, 2.75) is 38.0 Å². The third-order valence-electron chi connectivity index (χ3n) is 6.62. The molecule has 0 bridgehead atoms. The Morgan fingerprint density at radius 1 is 0.788 bits per heavy atom. The zero-order valence-electron chi connectivity index (χ0n) is 18.7. The highest BCUT2D eigenvalue weighted by molar-refractivity contribution is 6.02. The Morgan fingerprint density at radius 3 is 2.15 bits per heavy atom. The highest BCUT2D eigenvalue weighted by Crippen LogP contribution is 2.43. The summed E-state index contributed by atoms with van der Waals surface area (Å²) in [5.74, 6) is 0.811. The summed E-state index contributed by atoms with van der Waals surface area (Å²) in [5, 5.41) is 3.01. The van der Waals surface area contributed by atoms with Gasteiger partial charge < -0.3 is 10.1 Å².